The molecule has 186 valence electrons. The average molecular weight is 495 g/mol. The molecule has 0 saturated carbocycles. The Bertz CT molecular complexity index is 1020. The van der Waals surface area contributed by atoms with Gasteiger partial charge in [0.2, 0.25) is 5.91 Å². The zero-order chi connectivity index (χ0) is 25.5. The third kappa shape index (κ3) is 8.61. The molecule has 0 bridgehead atoms. The SMILES string of the molecule is COC(=O)C(CNC(=O)OC(C)(C)C)NC(O)c1sc(NC(=O)Cc2cccc(O)c2)nc1C. The summed E-state index contributed by atoms with van der Waals surface area (Å²) in [7, 11) is 1.19. The molecule has 2 unspecified atom stereocenters. The molecule has 1 aromatic carbocycles. The van der Waals surface area contributed by atoms with Crippen molar-refractivity contribution in [2.24, 2.45) is 0 Å². The van der Waals surface area contributed by atoms with Crippen LogP contribution in [0, 0.1) is 6.92 Å². The van der Waals surface area contributed by atoms with Gasteiger partial charge in [-0.1, -0.05) is 23.5 Å². The molecular weight excluding hydrogens is 464 g/mol. The Morgan fingerprint density at radius 3 is 2.56 bits per heavy atom. The molecule has 2 rings (SSSR count). The highest BCUT2D eigenvalue weighted by Crippen LogP contribution is 2.28. The van der Waals surface area contributed by atoms with E-state index in [4.69, 9.17) is 9.47 Å². The monoisotopic (exact) mass is 494 g/mol. The number of aromatic hydroxyl groups is 1. The number of aromatic nitrogens is 1. The number of nitrogens with zero attached hydrogens (tertiary/aromatic N) is 1. The van der Waals surface area contributed by atoms with Crippen molar-refractivity contribution >= 4 is 34.4 Å². The van der Waals surface area contributed by atoms with Gasteiger partial charge in [0.25, 0.3) is 0 Å². The lowest BCUT2D eigenvalue weighted by Gasteiger charge is -2.23. The van der Waals surface area contributed by atoms with Gasteiger partial charge in [-0.25, -0.2) is 9.78 Å². The second-order valence-corrected chi connectivity index (χ2v) is 9.42. The van der Waals surface area contributed by atoms with E-state index in [9.17, 15) is 24.6 Å². The number of methoxy groups -OCH3 is 1. The fourth-order valence-corrected chi connectivity index (χ4v) is 3.78. The van der Waals surface area contributed by atoms with Crippen LogP contribution in [0.2, 0.25) is 0 Å². The van der Waals surface area contributed by atoms with Crippen molar-refractivity contribution in [3.63, 3.8) is 0 Å². The van der Waals surface area contributed by atoms with Crippen LogP contribution < -0.4 is 16.0 Å². The summed E-state index contributed by atoms with van der Waals surface area (Å²) in [5, 5.41) is 28.3. The Morgan fingerprint density at radius 2 is 1.94 bits per heavy atom. The van der Waals surface area contributed by atoms with E-state index in [0.717, 1.165) is 11.3 Å². The van der Waals surface area contributed by atoms with Crippen LogP contribution in [-0.2, 0) is 25.5 Å². The maximum atomic E-state index is 12.3. The van der Waals surface area contributed by atoms with Crippen LogP contribution in [0.25, 0.3) is 0 Å². The minimum absolute atomic E-state index is 0.0317. The smallest absolute Gasteiger partial charge is 0.407 e. The van der Waals surface area contributed by atoms with Gasteiger partial charge in [-0.3, -0.25) is 14.9 Å². The molecule has 0 fully saturated rings. The number of benzene rings is 1. The Balaban J connectivity index is 2.01. The second-order valence-electron chi connectivity index (χ2n) is 8.39. The van der Waals surface area contributed by atoms with Crippen molar-refractivity contribution in [2.75, 3.05) is 19.0 Å². The van der Waals surface area contributed by atoms with Gasteiger partial charge >= 0.3 is 12.1 Å². The number of hydrogen-bond acceptors (Lipinski definition) is 10. The van der Waals surface area contributed by atoms with E-state index >= 15 is 0 Å². The van der Waals surface area contributed by atoms with Crippen LogP contribution >= 0.6 is 11.3 Å². The number of amides is 2. The van der Waals surface area contributed by atoms with Crippen LogP contribution in [0.3, 0.4) is 0 Å². The van der Waals surface area contributed by atoms with Crippen molar-refractivity contribution < 1.29 is 34.1 Å². The number of aliphatic hydroxyl groups is 1. The van der Waals surface area contributed by atoms with Gasteiger partial charge in [-0.2, -0.15) is 0 Å². The number of aliphatic hydroxyl groups excluding tert-OH is 1. The highest BCUT2D eigenvalue weighted by atomic mass is 32.1. The van der Waals surface area contributed by atoms with Crippen LogP contribution in [0.4, 0.5) is 9.93 Å². The molecule has 0 radical (unpaired) electrons. The lowest BCUT2D eigenvalue weighted by Crippen LogP contribution is -2.48. The van der Waals surface area contributed by atoms with Crippen LogP contribution in [-0.4, -0.2) is 58.5 Å². The summed E-state index contributed by atoms with van der Waals surface area (Å²) in [5.74, 6) is -0.979. The number of alkyl carbamates (subject to hydrolysis) is 1. The number of carbonyl (C=O) groups is 3. The molecule has 2 atom stereocenters. The van der Waals surface area contributed by atoms with E-state index in [1.165, 1.54) is 19.2 Å². The number of thiazole rings is 1. The Morgan fingerprint density at radius 1 is 1.24 bits per heavy atom. The molecule has 34 heavy (non-hydrogen) atoms. The quantitative estimate of drug-likeness (QED) is 0.259. The van der Waals surface area contributed by atoms with Crippen molar-refractivity contribution in [3.8, 4) is 5.75 Å². The normalized spacial score (nSPS) is 13.0. The fourth-order valence-electron chi connectivity index (χ4n) is 2.85. The summed E-state index contributed by atoms with van der Waals surface area (Å²) in [6.45, 7) is 6.58. The first kappa shape index (κ1) is 27.0. The zero-order valence-electron chi connectivity index (χ0n) is 19.7. The van der Waals surface area contributed by atoms with Crippen LogP contribution in [0.15, 0.2) is 24.3 Å². The number of nitrogens with one attached hydrogen (secondary N) is 3. The maximum Gasteiger partial charge on any atom is 0.407 e. The largest absolute Gasteiger partial charge is 0.508 e. The fraction of sp³-hybridized carbons (Fsp3) is 0.455. The minimum Gasteiger partial charge on any atom is -0.508 e. The van der Waals surface area contributed by atoms with Crippen LogP contribution in [0.5, 0.6) is 5.75 Å². The number of phenolic OH excluding ortho intramolecular Hbond substituents is 1. The topological polar surface area (TPSA) is 159 Å². The highest BCUT2D eigenvalue weighted by Gasteiger charge is 2.27. The van der Waals surface area contributed by atoms with Gasteiger partial charge in [0.15, 0.2) is 5.13 Å². The number of carbonyl (C=O) groups excluding carboxylic acids is 3. The molecule has 1 aromatic heterocycles. The molecule has 2 aromatic rings. The third-order valence-corrected chi connectivity index (χ3v) is 5.42. The molecule has 12 heteroatoms. The Hall–Kier alpha value is -3.22. The number of anilines is 1. The van der Waals surface area contributed by atoms with Crippen LogP contribution in [0.1, 0.15) is 43.1 Å². The summed E-state index contributed by atoms with van der Waals surface area (Å²) in [4.78, 5) is 41.0. The van der Waals surface area contributed by atoms with Gasteiger partial charge < -0.3 is 30.3 Å². The lowest BCUT2D eigenvalue weighted by atomic mass is 10.1. The molecule has 2 amide bonds. The Labute approximate surface area is 201 Å². The number of phenols is 1. The number of aryl methyl sites for hydroxylation is 1. The van der Waals surface area contributed by atoms with E-state index in [1.54, 1.807) is 39.8 Å². The summed E-state index contributed by atoms with van der Waals surface area (Å²) in [6.07, 6.45) is -2.01. The van der Waals surface area contributed by atoms with Gasteiger partial charge in [0.1, 0.15) is 23.6 Å². The van der Waals surface area contributed by atoms with E-state index in [0.29, 0.717) is 16.1 Å². The summed E-state index contributed by atoms with van der Waals surface area (Å²) >= 11 is 1.03. The second kappa shape index (κ2) is 11.8. The van der Waals surface area contributed by atoms with Gasteiger partial charge in [-0.15, -0.1) is 0 Å². The molecule has 0 spiro atoms. The molecule has 0 aliphatic carbocycles. The minimum atomic E-state index is -1.32. The molecule has 0 aliphatic rings. The molecule has 5 N–H and O–H groups in total. The van der Waals surface area contributed by atoms with E-state index in [-0.39, 0.29) is 29.8 Å². The number of ether oxygens (including phenoxy) is 2. The highest BCUT2D eigenvalue weighted by molar-refractivity contribution is 7.16. The standard InChI is InChI=1S/C22H30N4O7S/c1-12-17(34-20(24-12)26-16(28)10-13-7-6-8-14(27)9-13)18(29)25-15(19(30)32-5)11-23-21(31)33-22(2,3)4/h6-9,15,18,25,27,29H,10-11H2,1-5H3,(H,23,31)(H,24,26,28). The number of hydrogen-bond donors (Lipinski definition) is 5. The van der Waals surface area contributed by atoms with Gasteiger partial charge in [0.05, 0.1) is 24.1 Å². The first-order valence-corrected chi connectivity index (χ1v) is 11.2. The average Bonchev–Trinajstić information content (AvgIpc) is 3.08. The van der Waals surface area contributed by atoms with Gasteiger partial charge in [0, 0.05) is 6.54 Å². The van der Waals surface area contributed by atoms with E-state index in [1.807, 2.05) is 0 Å². The molecule has 0 aliphatic heterocycles. The summed E-state index contributed by atoms with van der Waals surface area (Å²) in [5.41, 5.74) is 0.367. The zero-order valence-corrected chi connectivity index (χ0v) is 20.5. The molecule has 11 nitrogen and oxygen atoms in total. The molecule has 1 heterocycles. The Kier molecular flexibility index (Phi) is 9.36. The van der Waals surface area contributed by atoms with Gasteiger partial charge in [-0.05, 0) is 45.4 Å². The van der Waals surface area contributed by atoms with Crippen molar-refractivity contribution in [1.29, 1.82) is 0 Å². The van der Waals surface area contributed by atoms with Crippen molar-refractivity contribution in [2.45, 2.75) is 52.0 Å². The lowest BCUT2D eigenvalue weighted by molar-refractivity contribution is -0.144. The molecule has 0 saturated heterocycles. The maximum absolute atomic E-state index is 12.3. The third-order valence-electron chi connectivity index (χ3n) is 4.30. The number of rotatable bonds is 9. The predicted octanol–water partition coefficient (Wildman–Crippen LogP) is 1.99. The summed E-state index contributed by atoms with van der Waals surface area (Å²) < 4.78 is 9.89. The van der Waals surface area contributed by atoms with E-state index in [2.05, 4.69) is 20.9 Å². The van der Waals surface area contributed by atoms with Crippen molar-refractivity contribution in [3.05, 3.63) is 40.4 Å². The first-order chi connectivity index (χ1) is 15.9. The predicted molar refractivity (Wildman–Crippen MR) is 125 cm³/mol. The molecular formula is C22H30N4O7S. The first-order valence-electron chi connectivity index (χ1n) is 10.4. The number of esters is 1. The van der Waals surface area contributed by atoms with E-state index < -0.39 is 29.9 Å². The summed E-state index contributed by atoms with van der Waals surface area (Å²) in [6, 6.07) is 5.28. The van der Waals surface area contributed by atoms with Crippen molar-refractivity contribution in [1.82, 2.24) is 15.6 Å².